The van der Waals surface area contributed by atoms with E-state index < -0.39 is 97.5 Å². The van der Waals surface area contributed by atoms with Crippen LogP contribution in [-0.2, 0) is 65.4 Å². The minimum atomic E-state index is -4.97. The lowest BCUT2D eigenvalue weighted by Gasteiger charge is -2.21. The van der Waals surface area contributed by atoms with Gasteiger partial charge in [0.25, 0.3) is 0 Å². The molecule has 0 saturated carbocycles. The van der Waals surface area contributed by atoms with Crippen LogP contribution in [0.5, 0.6) is 0 Å². The maximum absolute atomic E-state index is 13.2. The highest BCUT2D eigenvalue weighted by molar-refractivity contribution is 7.47. The lowest BCUT2D eigenvalue weighted by Crippen LogP contribution is -2.30. The van der Waals surface area contributed by atoms with Crippen LogP contribution in [-0.4, -0.2) is 96.7 Å². The molecular weight excluding hydrogens is 1450 g/mol. The molecule has 0 aliphatic rings. The van der Waals surface area contributed by atoms with Crippen molar-refractivity contribution in [1.82, 2.24) is 0 Å². The summed E-state index contributed by atoms with van der Waals surface area (Å²) in [4.78, 5) is 73.4. The van der Waals surface area contributed by atoms with Crippen molar-refractivity contribution in [2.75, 3.05) is 39.6 Å². The van der Waals surface area contributed by atoms with Crippen LogP contribution in [0.25, 0.3) is 0 Å². The zero-order valence-electron chi connectivity index (χ0n) is 74.3. The molecule has 666 valence electrons. The Kier molecular flexibility index (Phi) is 80.0. The van der Waals surface area contributed by atoms with Crippen molar-refractivity contribution in [3.63, 3.8) is 0 Å². The van der Waals surface area contributed by atoms with Crippen molar-refractivity contribution in [1.29, 1.82) is 0 Å². The number of hydrogen-bond donors (Lipinski definition) is 3. The number of aliphatic hydroxyl groups is 1. The molecule has 112 heavy (non-hydrogen) atoms. The second kappa shape index (κ2) is 81.4. The Morgan fingerprint density at radius 3 is 0.634 bits per heavy atom. The fourth-order valence-electron chi connectivity index (χ4n) is 14.5. The number of phosphoric ester groups is 2. The van der Waals surface area contributed by atoms with Crippen molar-refractivity contribution < 1.29 is 80.2 Å². The lowest BCUT2D eigenvalue weighted by atomic mass is 9.99. The van der Waals surface area contributed by atoms with Gasteiger partial charge in [0.05, 0.1) is 26.4 Å². The van der Waals surface area contributed by atoms with Crippen LogP contribution >= 0.6 is 15.6 Å². The summed E-state index contributed by atoms with van der Waals surface area (Å²) >= 11 is 0. The largest absolute Gasteiger partial charge is 0.472 e. The van der Waals surface area contributed by atoms with Gasteiger partial charge in [0.15, 0.2) is 12.2 Å². The van der Waals surface area contributed by atoms with Crippen LogP contribution in [0.1, 0.15) is 492 Å². The van der Waals surface area contributed by atoms with Gasteiger partial charge in [0.1, 0.15) is 19.3 Å². The van der Waals surface area contributed by atoms with Crippen LogP contribution in [0.3, 0.4) is 0 Å². The van der Waals surface area contributed by atoms with Gasteiger partial charge in [-0.15, -0.1) is 0 Å². The van der Waals surface area contributed by atoms with Gasteiger partial charge in [-0.25, -0.2) is 9.13 Å². The predicted octanol–water partition coefficient (Wildman–Crippen LogP) is 28.7. The van der Waals surface area contributed by atoms with E-state index in [4.69, 9.17) is 37.0 Å². The average molecular weight is 1630 g/mol. The normalized spacial score (nSPS) is 14.3. The summed E-state index contributed by atoms with van der Waals surface area (Å²) in [6, 6.07) is 0. The monoisotopic (exact) mass is 1630 g/mol. The minimum Gasteiger partial charge on any atom is -0.462 e. The predicted molar refractivity (Wildman–Crippen MR) is 464 cm³/mol. The third-order valence-corrected chi connectivity index (χ3v) is 24.4. The number of carbonyl (C=O) groups excluding carboxylic acids is 4. The van der Waals surface area contributed by atoms with Gasteiger partial charge >= 0.3 is 39.5 Å². The van der Waals surface area contributed by atoms with E-state index in [1.54, 1.807) is 0 Å². The van der Waals surface area contributed by atoms with E-state index in [1.165, 1.54) is 289 Å². The van der Waals surface area contributed by atoms with E-state index in [-0.39, 0.29) is 25.7 Å². The number of hydrogen-bond acceptors (Lipinski definition) is 15. The number of ether oxygens (including phenoxy) is 4. The van der Waals surface area contributed by atoms with E-state index in [9.17, 15) is 43.2 Å². The maximum atomic E-state index is 13.2. The van der Waals surface area contributed by atoms with Crippen molar-refractivity contribution in [3.8, 4) is 0 Å². The molecule has 0 spiro atoms. The fraction of sp³-hybridized carbons (Fsp3) is 0.957. The first-order valence-electron chi connectivity index (χ1n) is 47.8. The Morgan fingerprint density at radius 2 is 0.429 bits per heavy atom. The molecular formula is C93H182O17P2. The van der Waals surface area contributed by atoms with Gasteiger partial charge in [0.2, 0.25) is 0 Å². The Hall–Kier alpha value is -1.94. The quantitative estimate of drug-likeness (QED) is 0.0222. The zero-order chi connectivity index (χ0) is 82.3. The summed E-state index contributed by atoms with van der Waals surface area (Å²) in [5.74, 6) is 1.15. The first-order chi connectivity index (χ1) is 54.2. The van der Waals surface area contributed by atoms with Gasteiger partial charge in [-0.3, -0.25) is 37.3 Å². The number of aliphatic hydroxyl groups excluding tert-OH is 1. The molecule has 0 aromatic heterocycles. The summed E-state index contributed by atoms with van der Waals surface area (Å²) in [6.45, 7) is 14.4. The number of rotatable bonds is 90. The van der Waals surface area contributed by atoms with Crippen LogP contribution in [0.4, 0.5) is 0 Å². The molecule has 7 atom stereocenters. The third kappa shape index (κ3) is 83.1. The second-order valence-corrected chi connectivity index (χ2v) is 37.7. The van der Waals surface area contributed by atoms with E-state index in [2.05, 4.69) is 55.4 Å². The minimum absolute atomic E-state index is 0.107. The standard InChI is InChI=1S/C93H182O17P2/c1-9-85(7)71-63-55-47-39-33-27-21-15-11-13-17-23-29-35-41-49-57-65-73-90(95)103-79-88(109-92(97)75-67-59-50-42-36-30-24-18-14-12-16-22-28-34-40-48-56-64-72-86(8)10-2)81-107-111(99,100)105-77-87(94)78-106-112(101,102)108-82-89(80-104-91(96)74-66-58-52-44-46-54-62-70-84(5)6)110-93(98)76-68-60-51-43-37-31-25-19-20-26-32-38-45-53-61-69-83(3)4/h83-89,94H,9-82H2,1-8H3,(H,99,100)(H,101,102)/t85?,86?,87?,88-,89-/m1/s1. The highest BCUT2D eigenvalue weighted by Crippen LogP contribution is 2.45. The van der Waals surface area contributed by atoms with Gasteiger partial charge < -0.3 is 33.8 Å². The summed E-state index contributed by atoms with van der Waals surface area (Å²) in [6.07, 6.45) is 73.8. The Bertz CT molecular complexity index is 2170. The maximum Gasteiger partial charge on any atom is 0.472 e. The topological polar surface area (TPSA) is 237 Å². The van der Waals surface area contributed by atoms with E-state index in [1.807, 2.05) is 0 Å². The van der Waals surface area contributed by atoms with Gasteiger partial charge in [-0.2, -0.15) is 0 Å². The molecule has 0 fully saturated rings. The summed E-state index contributed by atoms with van der Waals surface area (Å²) in [5, 5.41) is 10.7. The van der Waals surface area contributed by atoms with Crippen LogP contribution in [0.15, 0.2) is 0 Å². The first-order valence-corrected chi connectivity index (χ1v) is 50.8. The Balaban J connectivity index is 5.22. The van der Waals surface area contributed by atoms with Gasteiger partial charge in [0, 0.05) is 25.7 Å². The van der Waals surface area contributed by atoms with Crippen LogP contribution in [0, 0.1) is 23.7 Å². The molecule has 0 bridgehead atoms. The smallest absolute Gasteiger partial charge is 0.462 e. The molecule has 3 N–H and O–H groups in total. The molecule has 0 heterocycles. The molecule has 0 aliphatic carbocycles. The molecule has 0 aliphatic heterocycles. The van der Waals surface area contributed by atoms with Crippen molar-refractivity contribution in [2.45, 2.75) is 510 Å². The van der Waals surface area contributed by atoms with E-state index in [0.717, 1.165) is 114 Å². The number of carbonyl (C=O) groups is 4. The molecule has 0 radical (unpaired) electrons. The zero-order valence-corrected chi connectivity index (χ0v) is 76.1. The molecule has 0 rings (SSSR count). The van der Waals surface area contributed by atoms with Gasteiger partial charge in [-0.1, -0.05) is 441 Å². The van der Waals surface area contributed by atoms with E-state index >= 15 is 0 Å². The number of esters is 4. The summed E-state index contributed by atoms with van der Waals surface area (Å²) in [7, 11) is -9.94. The van der Waals surface area contributed by atoms with Crippen LogP contribution < -0.4 is 0 Å². The number of unbranched alkanes of at least 4 members (excludes halogenated alkanes) is 54. The first kappa shape index (κ1) is 110. The number of phosphoric acid groups is 2. The highest BCUT2D eigenvalue weighted by Gasteiger charge is 2.31. The fourth-order valence-corrected chi connectivity index (χ4v) is 16.1. The summed E-state index contributed by atoms with van der Waals surface area (Å²) in [5.41, 5.74) is 0. The Labute approximate surface area is 689 Å². The Morgan fingerprint density at radius 1 is 0.250 bits per heavy atom. The molecule has 0 aromatic carbocycles. The average Bonchev–Trinajstić information content (AvgIpc) is 0.899. The lowest BCUT2D eigenvalue weighted by molar-refractivity contribution is -0.161. The van der Waals surface area contributed by atoms with Gasteiger partial charge in [-0.05, 0) is 49.4 Å². The molecule has 0 aromatic rings. The molecule has 17 nitrogen and oxygen atoms in total. The molecule has 0 saturated heterocycles. The highest BCUT2D eigenvalue weighted by atomic mass is 31.2. The third-order valence-electron chi connectivity index (χ3n) is 22.5. The second-order valence-electron chi connectivity index (χ2n) is 34.8. The van der Waals surface area contributed by atoms with E-state index in [0.29, 0.717) is 31.6 Å². The van der Waals surface area contributed by atoms with Crippen molar-refractivity contribution >= 4 is 39.5 Å². The SMILES string of the molecule is CCC(C)CCCCCCCCCCCCCCCCCCCCC(=O)OC[C@H](COP(=O)(O)OCC(O)COP(=O)(O)OC[C@@H](COC(=O)CCCCCCCCCC(C)C)OC(=O)CCCCCCCCCCCCCCCCCC(C)C)OC(=O)CCCCCCCCCCCCCCCCCCCCC(C)CC. The summed E-state index contributed by atoms with van der Waals surface area (Å²) < 4.78 is 69.1. The van der Waals surface area contributed by atoms with Crippen molar-refractivity contribution in [2.24, 2.45) is 23.7 Å². The van der Waals surface area contributed by atoms with Crippen molar-refractivity contribution in [3.05, 3.63) is 0 Å². The molecule has 19 heteroatoms. The molecule has 5 unspecified atom stereocenters. The molecule has 0 amide bonds. The van der Waals surface area contributed by atoms with Crippen LogP contribution in [0.2, 0.25) is 0 Å².